The quantitative estimate of drug-likeness (QED) is 0.206. The van der Waals surface area contributed by atoms with Crippen molar-refractivity contribution >= 4 is 75.8 Å². The van der Waals surface area contributed by atoms with Crippen LogP contribution in [-0.2, 0) is 11.6 Å². The second-order valence-corrected chi connectivity index (χ2v) is 16.0. The molecule has 10 nitrogen and oxygen atoms in total. The van der Waals surface area contributed by atoms with Gasteiger partial charge in [0.05, 0.1) is 34.5 Å². The molecule has 0 radical (unpaired) electrons. The predicted molar refractivity (Wildman–Crippen MR) is 169 cm³/mol. The van der Waals surface area contributed by atoms with E-state index in [1.807, 2.05) is 37.5 Å². The first-order valence-electron chi connectivity index (χ1n) is 12.3. The molecule has 0 spiro atoms. The van der Waals surface area contributed by atoms with Crippen molar-refractivity contribution in [1.29, 1.82) is 0 Å². The van der Waals surface area contributed by atoms with Crippen LogP contribution in [0.25, 0.3) is 22.2 Å². The van der Waals surface area contributed by atoms with Gasteiger partial charge in [0.15, 0.2) is 0 Å². The number of benzene rings is 2. The average molecular weight is 639 g/mol. The van der Waals surface area contributed by atoms with E-state index >= 15 is 0 Å². The van der Waals surface area contributed by atoms with Crippen molar-refractivity contribution in [1.82, 2.24) is 29.7 Å². The number of nitrogens with zero attached hydrogens (tertiary/aromatic N) is 6. The maximum absolute atomic E-state index is 13.2. The number of ether oxygens (including phenoxy) is 1. The molecular formula is C27H29BrN8O2P2. The molecule has 206 valence electrons. The molecule has 0 saturated carbocycles. The summed E-state index contributed by atoms with van der Waals surface area (Å²) in [4.78, 5) is 18.3. The maximum Gasteiger partial charge on any atom is 0.229 e. The summed E-state index contributed by atoms with van der Waals surface area (Å²) in [6.45, 7) is 7.87. The number of methoxy groups -OCH3 is 1. The third-order valence-electron chi connectivity index (χ3n) is 6.22. The molecule has 3 aromatic heterocycles. The summed E-state index contributed by atoms with van der Waals surface area (Å²) in [5.74, 6) is 1.49. The van der Waals surface area contributed by atoms with Gasteiger partial charge in [0.2, 0.25) is 5.95 Å². The van der Waals surface area contributed by atoms with E-state index in [0.29, 0.717) is 33.0 Å². The normalized spacial score (nSPS) is 11.7. The van der Waals surface area contributed by atoms with Gasteiger partial charge in [-0.15, -0.1) is 0 Å². The number of halogens is 1. The third-order valence-corrected chi connectivity index (χ3v) is 9.68. The van der Waals surface area contributed by atoms with Gasteiger partial charge in [-0.3, -0.25) is 14.6 Å². The van der Waals surface area contributed by atoms with E-state index in [9.17, 15) is 4.57 Å². The van der Waals surface area contributed by atoms with E-state index in [4.69, 9.17) is 9.72 Å². The standard InChI is InChI=1S/C27H29BrN8O2P2/c1-36-15-16(13-32-36)17-11-21(22(38-2)12-23(17)40(5,6)37)34-27-31-14-18(28)26(35-27)33-20-8-7-19-24(25(20)39(3)4)30-10-9-29-19/h7-15H,1-6H3,(H2,31,33,34,35). The second-order valence-electron chi connectivity index (χ2n) is 9.74. The highest BCUT2D eigenvalue weighted by Crippen LogP contribution is 2.43. The van der Waals surface area contributed by atoms with Gasteiger partial charge in [0.25, 0.3) is 0 Å². The van der Waals surface area contributed by atoms with Gasteiger partial charge >= 0.3 is 0 Å². The number of aryl methyl sites for hydroxylation is 1. The molecule has 0 unspecified atom stereocenters. The molecule has 40 heavy (non-hydrogen) atoms. The summed E-state index contributed by atoms with van der Waals surface area (Å²) in [7, 11) is 0.292. The Bertz CT molecular complexity index is 1770. The Kier molecular flexibility index (Phi) is 7.91. The molecule has 0 aliphatic rings. The fraction of sp³-hybridized carbons (Fsp3) is 0.222. The Balaban J connectivity index is 1.55. The van der Waals surface area contributed by atoms with E-state index in [2.05, 4.69) is 59.9 Å². The molecule has 0 amide bonds. The number of hydrogen-bond donors (Lipinski definition) is 2. The van der Waals surface area contributed by atoms with E-state index < -0.39 is 15.1 Å². The number of nitrogens with one attached hydrogen (secondary N) is 2. The molecule has 0 bridgehead atoms. The van der Waals surface area contributed by atoms with Crippen LogP contribution in [0.4, 0.5) is 23.1 Å². The van der Waals surface area contributed by atoms with E-state index in [1.54, 1.807) is 49.9 Å². The minimum Gasteiger partial charge on any atom is -0.495 e. The van der Waals surface area contributed by atoms with Gasteiger partial charge in [0, 0.05) is 53.7 Å². The molecule has 5 aromatic rings. The lowest BCUT2D eigenvalue weighted by Crippen LogP contribution is -2.12. The van der Waals surface area contributed by atoms with Gasteiger partial charge in [-0.1, -0.05) is 7.92 Å². The smallest absolute Gasteiger partial charge is 0.229 e. The summed E-state index contributed by atoms with van der Waals surface area (Å²) >= 11 is 3.59. The zero-order chi connectivity index (χ0) is 28.6. The maximum atomic E-state index is 13.2. The van der Waals surface area contributed by atoms with E-state index in [0.717, 1.165) is 33.2 Å². The highest BCUT2D eigenvalue weighted by Gasteiger charge is 2.22. The average Bonchev–Trinajstić information content (AvgIpc) is 3.35. The fourth-order valence-electron chi connectivity index (χ4n) is 4.41. The summed E-state index contributed by atoms with van der Waals surface area (Å²) in [5.41, 5.74) is 4.95. The summed E-state index contributed by atoms with van der Waals surface area (Å²) in [6, 6.07) is 7.68. The monoisotopic (exact) mass is 638 g/mol. The highest BCUT2D eigenvalue weighted by molar-refractivity contribution is 9.10. The summed E-state index contributed by atoms with van der Waals surface area (Å²) in [5, 5.41) is 12.9. The number of aromatic nitrogens is 6. The minimum atomic E-state index is -2.64. The van der Waals surface area contributed by atoms with Crippen LogP contribution in [0.3, 0.4) is 0 Å². The molecule has 13 heteroatoms. The summed E-state index contributed by atoms with van der Waals surface area (Å²) < 4.78 is 21.3. The first-order valence-corrected chi connectivity index (χ1v) is 17.9. The van der Waals surface area contributed by atoms with Crippen molar-refractivity contribution in [3.63, 3.8) is 0 Å². The van der Waals surface area contributed by atoms with Crippen molar-refractivity contribution in [3.8, 4) is 16.9 Å². The van der Waals surface area contributed by atoms with Crippen molar-refractivity contribution in [2.24, 2.45) is 7.05 Å². The third kappa shape index (κ3) is 5.73. The van der Waals surface area contributed by atoms with Crippen molar-refractivity contribution in [2.75, 3.05) is 44.4 Å². The van der Waals surface area contributed by atoms with Crippen molar-refractivity contribution < 1.29 is 9.30 Å². The Hall–Kier alpha value is -3.39. The lowest BCUT2D eigenvalue weighted by atomic mass is 10.1. The van der Waals surface area contributed by atoms with Crippen LogP contribution in [0, 0.1) is 0 Å². The van der Waals surface area contributed by atoms with E-state index in [-0.39, 0.29) is 0 Å². The lowest BCUT2D eigenvalue weighted by molar-refractivity contribution is 0.417. The Morgan fingerprint density at radius 1 is 1.02 bits per heavy atom. The Labute approximate surface area is 242 Å². The van der Waals surface area contributed by atoms with Gasteiger partial charge in [-0.05, 0) is 72.4 Å². The number of rotatable bonds is 8. The van der Waals surface area contributed by atoms with Crippen molar-refractivity contribution in [2.45, 2.75) is 0 Å². The molecule has 3 heterocycles. The molecule has 2 N–H and O–H groups in total. The van der Waals surface area contributed by atoms with Gasteiger partial charge in [-0.25, -0.2) is 4.98 Å². The largest absolute Gasteiger partial charge is 0.495 e. The van der Waals surface area contributed by atoms with Crippen LogP contribution in [0.5, 0.6) is 5.75 Å². The zero-order valence-electron chi connectivity index (χ0n) is 23.0. The SMILES string of the molecule is COc1cc(P(C)(C)=O)c(-c2cnn(C)c2)cc1Nc1ncc(Br)c(Nc2ccc3nccnc3c2P(C)C)n1. The van der Waals surface area contributed by atoms with Crippen molar-refractivity contribution in [3.05, 3.63) is 59.7 Å². The molecule has 0 atom stereocenters. The molecule has 2 aromatic carbocycles. The van der Waals surface area contributed by atoms with Crippen LogP contribution in [0.1, 0.15) is 0 Å². The van der Waals surface area contributed by atoms with Gasteiger partial charge in [-0.2, -0.15) is 10.1 Å². The molecule has 0 aliphatic heterocycles. The van der Waals surface area contributed by atoms with Crippen LogP contribution >= 0.6 is 31.0 Å². The Morgan fingerprint density at radius 3 is 2.48 bits per heavy atom. The summed E-state index contributed by atoms with van der Waals surface area (Å²) in [6.07, 6.45) is 8.75. The molecular weight excluding hydrogens is 610 g/mol. The minimum absolute atomic E-state index is 0.363. The molecule has 0 fully saturated rings. The first kappa shape index (κ1) is 28.1. The first-order chi connectivity index (χ1) is 19.0. The second kappa shape index (κ2) is 11.2. The van der Waals surface area contributed by atoms with Crippen LogP contribution in [0.2, 0.25) is 0 Å². The fourth-order valence-corrected chi connectivity index (χ4v) is 7.11. The van der Waals surface area contributed by atoms with Crippen LogP contribution in [0.15, 0.2) is 59.7 Å². The topological polar surface area (TPSA) is 120 Å². The van der Waals surface area contributed by atoms with Crippen LogP contribution in [-0.4, -0.2) is 63.5 Å². The Morgan fingerprint density at radius 2 is 1.80 bits per heavy atom. The lowest BCUT2D eigenvalue weighted by Gasteiger charge is -2.19. The zero-order valence-corrected chi connectivity index (χ0v) is 26.3. The molecule has 5 rings (SSSR count). The number of anilines is 4. The molecule has 0 saturated heterocycles. The molecule has 0 aliphatic carbocycles. The highest BCUT2D eigenvalue weighted by atomic mass is 79.9. The van der Waals surface area contributed by atoms with Gasteiger partial charge in [0.1, 0.15) is 18.7 Å². The number of hydrogen-bond acceptors (Lipinski definition) is 9. The van der Waals surface area contributed by atoms with Crippen LogP contribution < -0.4 is 26.0 Å². The number of fused-ring (bicyclic) bond motifs is 1. The van der Waals surface area contributed by atoms with Gasteiger partial charge < -0.3 is 19.9 Å². The predicted octanol–water partition coefficient (Wildman–Crippen LogP) is 5.69. The van der Waals surface area contributed by atoms with E-state index in [1.165, 1.54) is 0 Å².